The molecule has 0 bridgehead atoms. The number of nitrogens with zero attached hydrogens (tertiary/aromatic N) is 2. The lowest BCUT2D eigenvalue weighted by Gasteiger charge is -2.17. The molecule has 1 radical (unpaired) electrons. The fourth-order valence-electron chi connectivity index (χ4n) is 1.09. The Bertz CT molecular complexity index is 301. The third kappa shape index (κ3) is 1.37. The molecule has 0 atom stereocenters. The highest BCUT2D eigenvalue weighted by molar-refractivity contribution is 5.42. The molecule has 2 heteroatoms. The van der Waals surface area contributed by atoms with Crippen LogP contribution in [0.15, 0.2) is 42.6 Å². The number of hydrogen-bond acceptors (Lipinski definition) is 2. The Balaban J connectivity index is 2.21. The molecule has 0 unspecified atom stereocenters. The number of pyridine rings is 1. The predicted molar refractivity (Wildman–Crippen MR) is 48.5 cm³/mol. The van der Waals surface area contributed by atoms with Gasteiger partial charge in [-0.2, -0.15) is 0 Å². The van der Waals surface area contributed by atoms with Crippen molar-refractivity contribution in [3.63, 3.8) is 0 Å². The summed E-state index contributed by atoms with van der Waals surface area (Å²) in [7, 11) is 0. The highest BCUT2D eigenvalue weighted by atomic mass is 15.2. The predicted octanol–water partition coefficient (Wildman–Crippen LogP) is 1.77. The third-order valence-corrected chi connectivity index (χ3v) is 1.68. The highest BCUT2D eigenvalue weighted by Gasteiger charge is 2.02. The van der Waals surface area contributed by atoms with E-state index in [4.69, 9.17) is 0 Å². The Morgan fingerprint density at radius 1 is 1.42 bits per heavy atom. The summed E-state index contributed by atoms with van der Waals surface area (Å²) in [6.45, 7) is 0.855. The van der Waals surface area contributed by atoms with Gasteiger partial charge in [-0.3, -0.25) is 0 Å². The summed E-state index contributed by atoms with van der Waals surface area (Å²) in [5.74, 6) is 0.943. The highest BCUT2D eigenvalue weighted by Crippen LogP contribution is 2.10. The molecule has 1 aliphatic heterocycles. The first-order valence-electron chi connectivity index (χ1n) is 3.90. The van der Waals surface area contributed by atoms with Gasteiger partial charge in [0.15, 0.2) is 0 Å². The van der Waals surface area contributed by atoms with E-state index in [9.17, 15) is 0 Å². The molecular weight excluding hydrogens is 148 g/mol. The molecule has 1 aliphatic rings. The van der Waals surface area contributed by atoms with Gasteiger partial charge < -0.3 is 4.90 Å². The van der Waals surface area contributed by atoms with Crippen LogP contribution in [0.4, 0.5) is 5.82 Å². The number of hydrogen-bond donors (Lipinski definition) is 0. The molecular formula is C10H9N2. The molecule has 0 saturated carbocycles. The smallest absolute Gasteiger partial charge is 0.133 e. The Morgan fingerprint density at radius 3 is 3.08 bits per heavy atom. The topological polar surface area (TPSA) is 16.1 Å². The van der Waals surface area contributed by atoms with Gasteiger partial charge in [0.1, 0.15) is 5.82 Å². The molecule has 2 heterocycles. The number of rotatable bonds is 1. The summed E-state index contributed by atoms with van der Waals surface area (Å²) < 4.78 is 0. The fraction of sp³-hybridized carbons (Fsp3) is 0.100. The first-order valence-corrected chi connectivity index (χ1v) is 3.90. The minimum Gasteiger partial charge on any atom is -0.321 e. The van der Waals surface area contributed by atoms with Crippen LogP contribution in [-0.2, 0) is 0 Å². The molecule has 2 nitrogen and oxygen atoms in total. The second kappa shape index (κ2) is 3.22. The molecule has 0 fully saturated rings. The summed E-state index contributed by atoms with van der Waals surface area (Å²) in [6.07, 6.45) is 10.8. The van der Waals surface area contributed by atoms with Crippen LogP contribution < -0.4 is 4.90 Å². The van der Waals surface area contributed by atoms with Crippen molar-refractivity contribution in [3.05, 3.63) is 48.8 Å². The van der Waals surface area contributed by atoms with E-state index in [1.54, 1.807) is 6.20 Å². The van der Waals surface area contributed by atoms with E-state index >= 15 is 0 Å². The van der Waals surface area contributed by atoms with Crippen LogP contribution in [0.5, 0.6) is 0 Å². The van der Waals surface area contributed by atoms with Gasteiger partial charge in [0.25, 0.3) is 0 Å². The fourth-order valence-corrected chi connectivity index (χ4v) is 1.09. The Hall–Kier alpha value is -1.57. The van der Waals surface area contributed by atoms with Crippen LogP contribution in [0.25, 0.3) is 0 Å². The Kier molecular flexibility index (Phi) is 1.90. The quantitative estimate of drug-likeness (QED) is 0.617. The van der Waals surface area contributed by atoms with Gasteiger partial charge in [-0.1, -0.05) is 18.2 Å². The second-order valence-corrected chi connectivity index (χ2v) is 2.52. The molecule has 2 rings (SSSR count). The van der Waals surface area contributed by atoms with E-state index in [2.05, 4.69) is 17.3 Å². The zero-order valence-corrected chi connectivity index (χ0v) is 6.64. The maximum atomic E-state index is 4.21. The van der Waals surface area contributed by atoms with Crippen molar-refractivity contribution in [2.45, 2.75) is 0 Å². The molecule has 59 valence electrons. The van der Waals surface area contributed by atoms with Crippen LogP contribution in [0.1, 0.15) is 0 Å². The molecule has 0 N–H and O–H groups in total. The number of allylic oxidation sites excluding steroid dienone is 2. The molecule has 0 spiro atoms. The lowest BCUT2D eigenvalue weighted by molar-refractivity contribution is 1.00. The van der Waals surface area contributed by atoms with Gasteiger partial charge in [0.2, 0.25) is 0 Å². The van der Waals surface area contributed by atoms with Gasteiger partial charge >= 0.3 is 0 Å². The van der Waals surface area contributed by atoms with Crippen molar-refractivity contribution in [1.29, 1.82) is 0 Å². The minimum absolute atomic E-state index is 0.855. The van der Waals surface area contributed by atoms with Crippen LogP contribution in [0.2, 0.25) is 0 Å². The summed E-state index contributed by atoms with van der Waals surface area (Å²) in [5.41, 5.74) is 0. The van der Waals surface area contributed by atoms with Crippen molar-refractivity contribution in [3.8, 4) is 0 Å². The van der Waals surface area contributed by atoms with Crippen LogP contribution in [0.3, 0.4) is 0 Å². The van der Waals surface area contributed by atoms with E-state index in [1.165, 1.54) is 0 Å². The summed E-state index contributed by atoms with van der Waals surface area (Å²) in [5, 5.41) is 0. The minimum atomic E-state index is 0.855. The van der Waals surface area contributed by atoms with Crippen molar-refractivity contribution in [2.24, 2.45) is 0 Å². The average Bonchev–Trinajstić information content (AvgIpc) is 2.21. The Morgan fingerprint density at radius 2 is 2.42 bits per heavy atom. The van der Waals surface area contributed by atoms with Crippen molar-refractivity contribution >= 4 is 5.82 Å². The SMILES string of the molecule is [C]1=CC=CCN1c1ccccn1. The largest absolute Gasteiger partial charge is 0.321 e. The van der Waals surface area contributed by atoms with E-state index < -0.39 is 0 Å². The van der Waals surface area contributed by atoms with E-state index in [0.717, 1.165) is 12.4 Å². The summed E-state index contributed by atoms with van der Waals surface area (Å²) in [6, 6.07) is 5.86. The second-order valence-electron chi connectivity index (χ2n) is 2.52. The molecule has 0 aromatic carbocycles. The van der Waals surface area contributed by atoms with E-state index in [-0.39, 0.29) is 0 Å². The van der Waals surface area contributed by atoms with Gasteiger partial charge in [-0.05, 0) is 18.2 Å². The molecule has 1 aromatic heterocycles. The summed E-state index contributed by atoms with van der Waals surface area (Å²) >= 11 is 0. The van der Waals surface area contributed by atoms with Crippen LogP contribution >= 0.6 is 0 Å². The van der Waals surface area contributed by atoms with Gasteiger partial charge in [0.05, 0.1) is 6.20 Å². The van der Waals surface area contributed by atoms with Crippen LogP contribution in [-0.4, -0.2) is 11.5 Å². The van der Waals surface area contributed by atoms with Gasteiger partial charge in [-0.15, -0.1) is 0 Å². The third-order valence-electron chi connectivity index (χ3n) is 1.68. The first-order chi connectivity index (χ1) is 5.97. The van der Waals surface area contributed by atoms with Crippen molar-refractivity contribution < 1.29 is 0 Å². The Labute approximate surface area is 71.9 Å². The molecule has 0 saturated heterocycles. The normalized spacial score (nSPS) is 15.2. The van der Waals surface area contributed by atoms with E-state index in [1.807, 2.05) is 35.3 Å². The van der Waals surface area contributed by atoms with Gasteiger partial charge in [-0.25, -0.2) is 4.98 Å². The zero-order valence-electron chi connectivity index (χ0n) is 6.64. The monoisotopic (exact) mass is 157 g/mol. The summed E-state index contributed by atoms with van der Waals surface area (Å²) in [4.78, 5) is 6.18. The van der Waals surface area contributed by atoms with Crippen molar-refractivity contribution in [2.75, 3.05) is 11.4 Å². The molecule has 1 aromatic rings. The van der Waals surface area contributed by atoms with E-state index in [0.29, 0.717) is 0 Å². The van der Waals surface area contributed by atoms with Gasteiger partial charge in [0, 0.05) is 12.7 Å². The molecule has 12 heavy (non-hydrogen) atoms. The lowest BCUT2D eigenvalue weighted by Crippen LogP contribution is -2.18. The molecule has 0 amide bonds. The van der Waals surface area contributed by atoms with Crippen molar-refractivity contribution in [1.82, 2.24) is 4.98 Å². The average molecular weight is 157 g/mol. The molecule has 0 aliphatic carbocycles. The number of anilines is 1. The first kappa shape index (κ1) is 7.10. The maximum Gasteiger partial charge on any atom is 0.133 e. The number of aromatic nitrogens is 1. The maximum absolute atomic E-state index is 4.21. The standard InChI is InChI=1S/C10H9N2/c1-4-8-12(9-5-1)10-6-2-3-7-11-10/h1-7H,8H2. The van der Waals surface area contributed by atoms with Crippen LogP contribution in [0, 0.1) is 6.20 Å². The lowest BCUT2D eigenvalue weighted by atomic mass is 10.3. The zero-order chi connectivity index (χ0) is 8.23.